The lowest BCUT2D eigenvalue weighted by molar-refractivity contribution is -0.142. The van der Waals surface area contributed by atoms with Gasteiger partial charge in [0.15, 0.2) is 0 Å². The summed E-state index contributed by atoms with van der Waals surface area (Å²) in [6, 6.07) is 11.6. The lowest BCUT2D eigenvalue weighted by Crippen LogP contribution is -2.41. The molecule has 9 heteroatoms. The minimum atomic E-state index is -0.895. The standard InChI is InChI=1S/C24H23Cl2N3O4/c1-32-15-17-13-27-29(14-17)18-11-9-16(10-12-18)5-3-8-21(24(31)33-2)28-23(30)22-19(25)6-4-7-20(22)26/h3-7,9-14,21H,8,15H2,1-2H3,(H,28,30)/b5-3+. The van der Waals surface area contributed by atoms with Crippen LogP contribution in [0.25, 0.3) is 11.8 Å². The first-order valence-corrected chi connectivity index (χ1v) is 10.8. The summed E-state index contributed by atoms with van der Waals surface area (Å²) in [5.41, 5.74) is 2.93. The van der Waals surface area contributed by atoms with E-state index in [1.165, 1.54) is 7.11 Å². The van der Waals surface area contributed by atoms with Crippen LogP contribution in [-0.2, 0) is 20.9 Å². The number of carbonyl (C=O) groups excluding carboxylic acids is 2. The van der Waals surface area contributed by atoms with E-state index in [1.807, 2.05) is 36.5 Å². The van der Waals surface area contributed by atoms with Crippen molar-refractivity contribution in [2.45, 2.75) is 19.1 Å². The molecule has 0 saturated heterocycles. The normalized spacial score (nSPS) is 12.0. The van der Waals surface area contributed by atoms with Crippen molar-refractivity contribution in [3.8, 4) is 5.69 Å². The number of methoxy groups -OCH3 is 2. The molecule has 1 heterocycles. The van der Waals surface area contributed by atoms with Gasteiger partial charge in [0.2, 0.25) is 0 Å². The number of aromatic nitrogens is 2. The summed E-state index contributed by atoms with van der Waals surface area (Å²) in [7, 11) is 2.90. The van der Waals surface area contributed by atoms with Crippen molar-refractivity contribution < 1.29 is 19.1 Å². The lowest BCUT2D eigenvalue weighted by atomic mass is 10.1. The van der Waals surface area contributed by atoms with Gasteiger partial charge in [-0.15, -0.1) is 0 Å². The molecule has 33 heavy (non-hydrogen) atoms. The summed E-state index contributed by atoms with van der Waals surface area (Å²) in [5, 5.41) is 7.36. The predicted octanol–water partition coefficient (Wildman–Crippen LogP) is 4.70. The van der Waals surface area contributed by atoms with Crippen LogP contribution >= 0.6 is 23.2 Å². The number of amides is 1. The Morgan fingerprint density at radius 1 is 1.12 bits per heavy atom. The molecule has 1 N–H and O–H groups in total. The van der Waals surface area contributed by atoms with Gasteiger partial charge in [0, 0.05) is 18.9 Å². The van der Waals surface area contributed by atoms with Crippen LogP contribution in [0.1, 0.15) is 27.9 Å². The van der Waals surface area contributed by atoms with Gasteiger partial charge >= 0.3 is 5.97 Å². The van der Waals surface area contributed by atoms with Gasteiger partial charge in [-0.25, -0.2) is 9.48 Å². The summed E-state index contributed by atoms with van der Waals surface area (Å²) >= 11 is 12.2. The third-order valence-electron chi connectivity index (χ3n) is 4.77. The van der Waals surface area contributed by atoms with Gasteiger partial charge in [-0.3, -0.25) is 4.79 Å². The van der Waals surface area contributed by atoms with Crippen LogP contribution in [0.5, 0.6) is 0 Å². The molecule has 3 rings (SSSR count). The predicted molar refractivity (Wildman–Crippen MR) is 128 cm³/mol. The van der Waals surface area contributed by atoms with E-state index in [1.54, 1.807) is 42.3 Å². The van der Waals surface area contributed by atoms with Crippen LogP contribution in [0.4, 0.5) is 0 Å². The molecule has 7 nitrogen and oxygen atoms in total. The molecular weight excluding hydrogens is 465 g/mol. The van der Waals surface area contributed by atoms with Crippen molar-refractivity contribution in [2.75, 3.05) is 14.2 Å². The molecule has 2 aromatic carbocycles. The van der Waals surface area contributed by atoms with E-state index in [2.05, 4.69) is 10.4 Å². The number of ether oxygens (including phenoxy) is 2. The van der Waals surface area contributed by atoms with E-state index >= 15 is 0 Å². The highest BCUT2D eigenvalue weighted by molar-refractivity contribution is 6.39. The van der Waals surface area contributed by atoms with Crippen LogP contribution < -0.4 is 5.32 Å². The maximum absolute atomic E-state index is 12.6. The van der Waals surface area contributed by atoms with E-state index in [9.17, 15) is 9.59 Å². The monoisotopic (exact) mass is 487 g/mol. The fourth-order valence-electron chi connectivity index (χ4n) is 3.12. The minimum absolute atomic E-state index is 0.113. The van der Waals surface area contributed by atoms with Gasteiger partial charge in [-0.2, -0.15) is 5.10 Å². The zero-order valence-electron chi connectivity index (χ0n) is 18.1. The second-order valence-corrected chi connectivity index (χ2v) is 7.92. The van der Waals surface area contributed by atoms with Crippen molar-refractivity contribution in [1.82, 2.24) is 15.1 Å². The fraction of sp³-hybridized carbons (Fsp3) is 0.208. The first-order valence-electron chi connectivity index (χ1n) is 10.0. The van der Waals surface area contributed by atoms with Gasteiger partial charge in [0.1, 0.15) is 6.04 Å². The molecule has 0 aliphatic heterocycles. The molecule has 1 atom stereocenters. The summed E-state index contributed by atoms with van der Waals surface area (Å²) < 4.78 is 11.7. The number of carbonyl (C=O) groups is 2. The lowest BCUT2D eigenvalue weighted by Gasteiger charge is -2.16. The van der Waals surface area contributed by atoms with Gasteiger partial charge in [0.05, 0.1) is 41.2 Å². The van der Waals surface area contributed by atoms with Crippen LogP contribution in [0.15, 0.2) is 60.9 Å². The fourth-order valence-corrected chi connectivity index (χ4v) is 3.69. The Labute approximate surface area is 201 Å². The third-order valence-corrected chi connectivity index (χ3v) is 5.40. The summed E-state index contributed by atoms with van der Waals surface area (Å²) in [5.74, 6) is -1.12. The molecule has 0 spiro atoms. The smallest absolute Gasteiger partial charge is 0.328 e. The zero-order chi connectivity index (χ0) is 23.8. The quantitative estimate of drug-likeness (QED) is 0.442. The van der Waals surface area contributed by atoms with Gasteiger partial charge in [0.25, 0.3) is 5.91 Å². The second kappa shape index (κ2) is 11.7. The highest BCUT2D eigenvalue weighted by atomic mass is 35.5. The Morgan fingerprint density at radius 3 is 2.45 bits per heavy atom. The number of halogens is 2. The summed E-state index contributed by atoms with van der Waals surface area (Å²) in [6.07, 6.45) is 7.53. The molecule has 0 fully saturated rings. The van der Waals surface area contributed by atoms with E-state index in [4.69, 9.17) is 32.7 Å². The SMILES string of the molecule is COCc1cnn(-c2ccc(/C=C/CC(NC(=O)c3c(Cl)cccc3Cl)C(=O)OC)cc2)c1. The highest BCUT2D eigenvalue weighted by Crippen LogP contribution is 2.24. The molecular formula is C24H23Cl2N3O4. The Balaban J connectivity index is 1.66. The van der Waals surface area contributed by atoms with E-state index in [-0.39, 0.29) is 22.0 Å². The second-order valence-electron chi connectivity index (χ2n) is 7.10. The van der Waals surface area contributed by atoms with E-state index < -0.39 is 17.9 Å². The van der Waals surface area contributed by atoms with Crippen molar-refractivity contribution in [1.29, 1.82) is 0 Å². The van der Waals surface area contributed by atoms with Gasteiger partial charge in [-0.05, 0) is 36.2 Å². The highest BCUT2D eigenvalue weighted by Gasteiger charge is 2.23. The Morgan fingerprint density at radius 2 is 1.82 bits per heavy atom. The molecule has 0 aliphatic rings. The molecule has 0 bridgehead atoms. The number of nitrogens with one attached hydrogen (secondary N) is 1. The van der Waals surface area contributed by atoms with Crippen molar-refractivity contribution in [2.24, 2.45) is 0 Å². The average Bonchev–Trinajstić information content (AvgIpc) is 3.27. The molecule has 0 radical (unpaired) electrons. The number of hydrogen-bond donors (Lipinski definition) is 1. The molecule has 3 aromatic rings. The number of hydrogen-bond acceptors (Lipinski definition) is 5. The number of esters is 1. The number of nitrogens with zero attached hydrogens (tertiary/aromatic N) is 2. The Kier molecular flexibility index (Phi) is 8.65. The number of rotatable bonds is 9. The Hall–Kier alpha value is -3.13. The van der Waals surface area contributed by atoms with E-state index in [0.29, 0.717) is 6.61 Å². The Bertz CT molecular complexity index is 1120. The zero-order valence-corrected chi connectivity index (χ0v) is 19.6. The first kappa shape index (κ1) is 24.5. The largest absolute Gasteiger partial charge is 0.467 e. The molecule has 1 unspecified atom stereocenters. The van der Waals surface area contributed by atoms with Crippen molar-refractivity contribution >= 4 is 41.2 Å². The topological polar surface area (TPSA) is 82.5 Å². The minimum Gasteiger partial charge on any atom is -0.467 e. The summed E-state index contributed by atoms with van der Waals surface area (Å²) in [4.78, 5) is 24.8. The van der Waals surface area contributed by atoms with Crippen LogP contribution in [0.3, 0.4) is 0 Å². The van der Waals surface area contributed by atoms with Crippen LogP contribution in [0, 0.1) is 0 Å². The first-order chi connectivity index (χ1) is 15.9. The van der Waals surface area contributed by atoms with Crippen molar-refractivity contribution in [3.05, 3.63) is 87.7 Å². The van der Waals surface area contributed by atoms with Gasteiger partial charge < -0.3 is 14.8 Å². The third kappa shape index (κ3) is 6.44. The van der Waals surface area contributed by atoms with Crippen LogP contribution in [-0.4, -0.2) is 41.9 Å². The van der Waals surface area contributed by atoms with E-state index in [0.717, 1.165) is 16.8 Å². The van der Waals surface area contributed by atoms with Gasteiger partial charge in [-0.1, -0.05) is 53.6 Å². The molecule has 1 aromatic heterocycles. The number of benzene rings is 2. The average molecular weight is 488 g/mol. The van der Waals surface area contributed by atoms with Crippen molar-refractivity contribution in [3.63, 3.8) is 0 Å². The molecule has 1 amide bonds. The maximum Gasteiger partial charge on any atom is 0.328 e. The molecule has 0 saturated carbocycles. The van der Waals surface area contributed by atoms with Crippen LogP contribution in [0.2, 0.25) is 10.0 Å². The summed E-state index contributed by atoms with van der Waals surface area (Å²) in [6.45, 7) is 0.501. The molecule has 172 valence electrons. The maximum atomic E-state index is 12.6. The molecule has 0 aliphatic carbocycles.